The molecule has 0 bridgehead atoms. The fourth-order valence-electron chi connectivity index (χ4n) is 4.26. The lowest BCUT2D eigenvalue weighted by Crippen LogP contribution is -2.54. The van der Waals surface area contributed by atoms with Gasteiger partial charge < -0.3 is 10.2 Å². The van der Waals surface area contributed by atoms with Gasteiger partial charge in [0.15, 0.2) is 0 Å². The van der Waals surface area contributed by atoms with Gasteiger partial charge in [0.2, 0.25) is 21.8 Å². The Morgan fingerprint density at radius 2 is 1.60 bits per heavy atom. The lowest BCUT2D eigenvalue weighted by molar-refractivity contribution is -0.140. The lowest BCUT2D eigenvalue weighted by atomic mass is 10.0. The summed E-state index contributed by atoms with van der Waals surface area (Å²) >= 11 is 0. The highest BCUT2D eigenvalue weighted by atomic mass is 32.2. The number of carbonyl (C=O) groups excluding carboxylic acids is 2. The Morgan fingerprint density at radius 3 is 2.19 bits per heavy atom. The van der Waals surface area contributed by atoms with Crippen LogP contribution in [0, 0.1) is 5.82 Å². The van der Waals surface area contributed by atoms with Crippen LogP contribution in [0.1, 0.15) is 37.0 Å². The van der Waals surface area contributed by atoms with Crippen molar-refractivity contribution in [3.05, 3.63) is 101 Å². The SMILES string of the molecule is CC[C@H](C)NC(=O)[C@@H](Cc1ccccc1)N(Cc1ccccc1F)C(=O)CN(c1cccc(C(F)(F)F)c1)S(C)(=O)=O. The molecule has 226 valence electrons. The van der Waals surface area contributed by atoms with Gasteiger partial charge in [0, 0.05) is 24.6 Å². The number of nitrogens with one attached hydrogen (secondary N) is 1. The first kappa shape index (κ1) is 32.6. The van der Waals surface area contributed by atoms with E-state index in [1.165, 1.54) is 18.2 Å². The number of carbonyl (C=O) groups is 2. The van der Waals surface area contributed by atoms with E-state index in [0.29, 0.717) is 22.4 Å². The lowest BCUT2D eigenvalue weighted by Gasteiger charge is -2.34. The van der Waals surface area contributed by atoms with Crippen LogP contribution in [0.2, 0.25) is 0 Å². The number of anilines is 1. The van der Waals surface area contributed by atoms with Crippen LogP contribution in [0.5, 0.6) is 0 Å². The molecule has 0 saturated heterocycles. The molecular weight excluding hydrogens is 574 g/mol. The van der Waals surface area contributed by atoms with Crippen molar-refractivity contribution in [3.63, 3.8) is 0 Å². The predicted molar refractivity (Wildman–Crippen MR) is 152 cm³/mol. The van der Waals surface area contributed by atoms with Gasteiger partial charge in [-0.3, -0.25) is 13.9 Å². The van der Waals surface area contributed by atoms with E-state index in [4.69, 9.17) is 0 Å². The van der Waals surface area contributed by atoms with Crippen LogP contribution in [0.3, 0.4) is 0 Å². The Balaban J connectivity index is 2.10. The minimum absolute atomic E-state index is 0.0196. The molecule has 12 heteroatoms. The van der Waals surface area contributed by atoms with Crippen molar-refractivity contribution in [2.75, 3.05) is 17.1 Å². The van der Waals surface area contributed by atoms with E-state index < -0.39 is 58.5 Å². The number of benzene rings is 3. The quantitative estimate of drug-likeness (QED) is 0.288. The van der Waals surface area contributed by atoms with E-state index in [2.05, 4.69) is 5.32 Å². The maximum atomic E-state index is 14.8. The van der Waals surface area contributed by atoms with Gasteiger partial charge in [-0.05, 0) is 43.2 Å². The van der Waals surface area contributed by atoms with Gasteiger partial charge in [-0.2, -0.15) is 13.2 Å². The minimum Gasteiger partial charge on any atom is -0.352 e. The summed E-state index contributed by atoms with van der Waals surface area (Å²) in [6.07, 6.45) is -3.39. The second-order valence-corrected chi connectivity index (χ2v) is 11.9. The number of hydrogen-bond acceptors (Lipinski definition) is 4. The Hall–Kier alpha value is -3.93. The first-order valence-electron chi connectivity index (χ1n) is 13.2. The molecule has 0 fully saturated rings. The number of rotatable bonds is 12. The molecule has 3 aromatic carbocycles. The molecule has 3 rings (SSSR count). The van der Waals surface area contributed by atoms with E-state index >= 15 is 0 Å². The van der Waals surface area contributed by atoms with Crippen LogP contribution in [-0.2, 0) is 38.8 Å². The summed E-state index contributed by atoms with van der Waals surface area (Å²) in [5.41, 5.74) is -0.717. The average molecular weight is 608 g/mol. The highest BCUT2D eigenvalue weighted by molar-refractivity contribution is 7.92. The van der Waals surface area contributed by atoms with Gasteiger partial charge >= 0.3 is 6.18 Å². The summed E-state index contributed by atoms with van der Waals surface area (Å²) in [5.74, 6) is -2.09. The molecule has 0 saturated carbocycles. The maximum absolute atomic E-state index is 14.8. The van der Waals surface area contributed by atoms with Crippen molar-refractivity contribution in [3.8, 4) is 0 Å². The van der Waals surface area contributed by atoms with Crippen LogP contribution in [0.4, 0.5) is 23.2 Å². The van der Waals surface area contributed by atoms with Crippen LogP contribution in [0.25, 0.3) is 0 Å². The van der Waals surface area contributed by atoms with Crippen molar-refractivity contribution in [1.82, 2.24) is 10.2 Å². The molecule has 0 unspecified atom stereocenters. The van der Waals surface area contributed by atoms with Gasteiger partial charge in [-0.15, -0.1) is 0 Å². The molecule has 0 heterocycles. The number of hydrogen-bond donors (Lipinski definition) is 1. The van der Waals surface area contributed by atoms with Crippen molar-refractivity contribution in [2.45, 2.75) is 51.5 Å². The monoisotopic (exact) mass is 607 g/mol. The van der Waals surface area contributed by atoms with Gasteiger partial charge in [0.25, 0.3) is 0 Å². The predicted octanol–water partition coefficient (Wildman–Crippen LogP) is 5.17. The molecule has 0 aliphatic heterocycles. The molecular formula is C30H33F4N3O4S. The highest BCUT2D eigenvalue weighted by Gasteiger charge is 2.35. The van der Waals surface area contributed by atoms with E-state index in [9.17, 15) is 35.6 Å². The van der Waals surface area contributed by atoms with Crippen molar-refractivity contribution < 1.29 is 35.6 Å². The van der Waals surface area contributed by atoms with Crippen LogP contribution in [0.15, 0.2) is 78.9 Å². The molecule has 0 aromatic heterocycles. The van der Waals surface area contributed by atoms with Crippen molar-refractivity contribution in [2.24, 2.45) is 0 Å². The Morgan fingerprint density at radius 1 is 0.952 bits per heavy atom. The van der Waals surface area contributed by atoms with Gasteiger partial charge in [-0.25, -0.2) is 12.8 Å². The Kier molecular flexibility index (Phi) is 10.7. The Labute approximate surface area is 243 Å². The van der Waals surface area contributed by atoms with Crippen molar-refractivity contribution >= 4 is 27.5 Å². The van der Waals surface area contributed by atoms with E-state index in [1.54, 1.807) is 43.3 Å². The normalized spacial score (nSPS) is 13.2. The molecule has 3 aromatic rings. The fourth-order valence-corrected chi connectivity index (χ4v) is 5.10. The number of amides is 2. The third-order valence-corrected chi connectivity index (χ3v) is 7.85. The second-order valence-electron chi connectivity index (χ2n) is 9.95. The van der Waals surface area contributed by atoms with E-state index in [-0.39, 0.29) is 23.7 Å². The first-order valence-corrected chi connectivity index (χ1v) is 15.1. The van der Waals surface area contributed by atoms with E-state index in [0.717, 1.165) is 29.4 Å². The zero-order chi connectivity index (χ0) is 31.1. The highest BCUT2D eigenvalue weighted by Crippen LogP contribution is 2.32. The molecule has 7 nitrogen and oxygen atoms in total. The molecule has 0 spiro atoms. The standard InChI is InChI=1S/C30H33F4N3O4S/c1-4-21(2)35-29(39)27(17-22-11-6-5-7-12-22)36(19-23-13-8-9-16-26(23)31)28(38)20-37(42(3,40)41)25-15-10-14-24(18-25)30(32,33)34/h5-16,18,21,27H,4,17,19-20H2,1-3H3,(H,35,39)/t21-,27+/m0/s1. The summed E-state index contributed by atoms with van der Waals surface area (Å²) in [4.78, 5) is 28.6. The summed E-state index contributed by atoms with van der Waals surface area (Å²) in [6.45, 7) is 2.33. The third-order valence-electron chi connectivity index (χ3n) is 6.71. The zero-order valence-corrected chi connectivity index (χ0v) is 24.3. The smallest absolute Gasteiger partial charge is 0.352 e. The Bertz CT molecular complexity index is 1480. The largest absolute Gasteiger partial charge is 0.416 e. The van der Waals surface area contributed by atoms with E-state index in [1.807, 2.05) is 6.92 Å². The van der Waals surface area contributed by atoms with Crippen LogP contribution < -0.4 is 9.62 Å². The number of sulfonamides is 1. The molecule has 0 radical (unpaired) electrons. The molecule has 0 aliphatic rings. The van der Waals surface area contributed by atoms with Gasteiger partial charge in [0.05, 0.1) is 17.5 Å². The molecule has 42 heavy (non-hydrogen) atoms. The molecule has 0 aliphatic carbocycles. The summed E-state index contributed by atoms with van der Waals surface area (Å²) in [5, 5.41) is 2.84. The number of halogens is 4. The number of nitrogens with zero attached hydrogens (tertiary/aromatic N) is 2. The summed E-state index contributed by atoms with van der Waals surface area (Å²) in [7, 11) is -4.27. The summed E-state index contributed by atoms with van der Waals surface area (Å²) in [6, 6.07) is 16.5. The first-order chi connectivity index (χ1) is 19.7. The maximum Gasteiger partial charge on any atom is 0.416 e. The summed E-state index contributed by atoms with van der Waals surface area (Å²) < 4.78 is 81.1. The van der Waals surface area contributed by atoms with Gasteiger partial charge in [-0.1, -0.05) is 61.5 Å². The topological polar surface area (TPSA) is 86.8 Å². The van der Waals surface area contributed by atoms with Gasteiger partial charge in [0.1, 0.15) is 18.4 Å². The van der Waals surface area contributed by atoms with Crippen molar-refractivity contribution in [1.29, 1.82) is 0 Å². The van der Waals surface area contributed by atoms with Crippen LogP contribution in [-0.4, -0.2) is 50.0 Å². The van der Waals surface area contributed by atoms with Crippen LogP contribution >= 0.6 is 0 Å². The zero-order valence-electron chi connectivity index (χ0n) is 23.4. The number of alkyl halides is 3. The average Bonchev–Trinajstić information content (AvgIpc) is 2.93. The molecule has 1 N–H and O–H groups in total. The minimum atomic E-state index is -4.76. The molecule has 2 amide bonds. The third kappa shape index (κ3) is 8.78. The fraction of sp³-hybridized carbons (Fsp3) is 0.333. The molecule has 2 atom stereocenters. The second kappa shape index (κ2) is 13.8.